The quantitative estimate of drug-likeness (QED) is 0.587. The Morgan fingerprint density at radius 3 is 2.50 bits per heavy atom. The lowest BCUT2D eigenvalue weighted by atomic mass is 9.89. The van der Waals surface area contributed by atoms with Crippen molar-refractivity contribution in [3.8, 4) is 0 Å². The molecule has 0 atom stereocenters. The van der Waals surface area contributed by atoms with Crippen LogP contribution in [-0.2, 0) is 25.6 Å². The van der Waals surface area contributed by atoms with Crippen molar-refractivity contribution in [2.24, 2.45) is 0 Å². The van der Waals surface area contributed by atoms with E-state index in [1.54, 1.807) is 25.1 Å². The van der Waals surface area contributed by atoms with Gasteiger partial charge in [-0.3, -0.25) is 0 Å². The normalized spacial score (nSPS) is 13.5. The second kappa shape index (κ2) is 8.16. The smallest absolute Gasteiger partial charge is 0.338 e. The summed E-state index contributed by atoms with van der Waals surface area (Å²) in [6, 6.07) is 10.1. The molecular formula is C21H23NO5S. The fraction of sp³-hybridized carbons (Fsp3) is 0.286. The highest BCUT2D eigenvalue weighted by molar-refractivity contribution is 7.86. The van der Waals surface area contributed by atoms with Gasteiger partial charge in [0.25, 0.3) is 0 Å². The van der Waals surface area contributed by atoms with Crippen molar-refractivity contribution in [2.45, 2.75) is 38.5 Å². The van der Waals surface area contributed by atoms with E-state index >= 15 is 0 Å². The predicted molar refractivity (Wildman–Crippen MR) is 106 cm³/mol. The SMILES string of the molecule is CCOC(=O)c1cc(C)cc2c1CCC=C2NOS(=O)(=O)c1ccc(C)cc1. The summed E-state index contributed by atoms with van der Waals surface area (Å²) in [6.45, 7) is 5.80. The van der Waals surface area contributed by atoms with Gasteiger partial charge in [-0.15, -0.1) is 4.28 Å². The molecule has 0 spiro atoms. The van der Waals surface area contributed by atoms with E-state index in [-0.39, 0.29) is 10.9 Å². The van der Waals surface area contributed by atoms with Gasteiger partial charge in [0, 0.05) is 5.56 Å². The molecule has 0 amide bonds. The zero-order chi connectivity index (χ0) is 20.3. The minimum absolute atomic E-state index is 0.0682. The van der Waals surface area contributed by atoms with E-state index in [9.17, 15) is 13.2 Å². The summed E-state index contributed by atoms with van der Waals surface area (Å²) < 4.78 is 35.1. The minimum atomic E-state index is -3.97. The summed E-state index contributed by atoms with van der Waals surface area (Å²) in [5.41, 5.74) is 7.00. The van der Waals surface area contributed by atoms with E-state index in [4.69, 9.17) is 9.02 Å². The van der Waals surface area contributed by atoms with Crippen LogP contribution in [0, 0.1) is 13.8 Å². The number of hydroxylamine groups is 1. The molecule has 1 N–H and O–H groups in total. The zero-order valence-electron chi connectivity index (χ0n) is 16.1. The number of carbonyl (C=O) groups is 1. The Morgan fingerprint density at radius 2 is 1.82 bits per heavy atom. The first-order chi connectivity index (χ1) is 13.3. The Labute approximate surface area is 165 Å². The molecule has 0 heterocycles. The molecule has 7 heteroatoms. The Bertz CT molecular complexity index is 1020. The lowest BCUT2D eigenvalue weighted by molar-refractivity contribution is 0.0525. The first-order valence-corrected chi connectivity index (χ1v) is 10.5. The molecule has 0 aliphatic heterocycles. The molecule has 0 fully saturated rings. The largest absolute Gasteiger partial charge is 0.462 e. The van der Waals surface area contributed by atoms with Crippen LogP contribution < -0.4 is 5.48 Å². The number of allylic oxidation sites excluding steroid dienone is 1. The van der Waals surface area contributed by atoms with Crippen molar-refractivity contribution >= 4 is 21.8 Å². The van der Waals surface area contributed by atoms with Gasteiger partial charge in [0.1, 0.15) is 0 Å². The fourth-order valence-electron chi connectivity index (χ4n) is 3.14. The van der Waals surface area contributed by atoms with Crippen LogP contribution in [0.2, 0.25) is 0 Å². The molecule has 0 saturated heterocycles. The van der Waals surface area contributed by atoms with Gasteiger partial charge in [-0.2, -0.15) is 8.42 Å². The van der Waals surface area contributed by atoms with Gasteiger partial charge in [0.2, 0.25) is 0 Å². The van der Waals surface area contributed by atoms with Crippen LogP contribution in [0.4, 0.5) is 0 Å². The molecule has 0 aromatic heterocycles. The number of nitrogens with one attached hydrogen (secondary N) is 1. The average Bonchev–Trinajstić information content (AvgIpc) is 2.66. The van der Waals surface area contributed by atoms with Crippen LogP contribution in [0.3, 0.4) is 0 Å². The average molecular weight is 401 g/mol. The van der Waals surface area contributed by atoms with E-state index in [2.05, 4.69) is 5.48 Å². The van der Waals surface area contributed by atoms with Crippen LogP contribution in [0.25, 0.3) is 5.70 Å². The molecule has 1 aliphatic carbocycles. The highest BCUT2D eigenvalue weighted by atomic mass is 32.2. The Balaban J connectivity index is 1.87. The lowest BCUT2D eigenvalue weighted by Crippen LogP contribution is -2.22. The van der Waals surface area contributed by atoms with Gasteiger partial charge in [-0.1, -0.05) is 23.8 Å². The van der Waals surface area contributed by atoms with Gasteiger partial charge >= 0.3 is 16.1 Å². The van der Waals surface area contributed by atoms with Crippen molar-refractivity contribution in [2.75, 3.05) is 6.61 Å². The maximum atomic E-state index is 12.4. The number of carbonyl (C=O) groups excluding carboxylic acids is 1. The van der Waals surface area contributed by atoms with Crippen molar-refractivity contribution < 1.29 is 22.2 Å². The van der Waals surface area contributed by atoms with E-state index in [1.807, 2.05) is 26.0 Å². The summed E-state index contributed by atoms with van der Waals surface area (Å²) in [7, 11) is -3.97. The van der Waals surface area contributed by atoms with Crippen molar-refractivity contribution in [3.05, 3.63) is 70.3 Å². The van der Waals surface area contributed by atoms with Crippen LogP contribution >= 0.6 is 0 Å². The summed E-state index contributed by atoms with van der Waals surface area (Å²) in [5, 5.41) is 0. The molecule has 2 aromatic carbocycles. The van der Waals surface area contributed by atoms with Crippen LogP contribution in [0.1, 0.15) is 46.0 Å². The molecule has 0 unspecified atom stereocenters. The van der Waals surface area contributed by atoms with Gasteiger partial charge in [-0.05, 0) is 69.0 Å². The number of fused-ring (bicyclic) bond motifs is 1. The van der Waals surface area contributed by atoms with E-state index in [0.717, 1.165) is 22.3 Å². The molecule has 1 aliphatic rings. The van der Waals surface area contributed by atoms with E-state index in [0.29, 0.717) is 30.7 Å². The van der Waals surface area contributed by atoms with Crippen molar-refractivity contribution in [3.63, 3.8) is 0 Å². The van der Waals surface area contributed by atoms with Crippen LogP contribution in [0.15, 0.2) is 47.4 Å². The van der Waals surface area contributed by atoms with Gasteiger partial charge in [-0.25, -0.2) is 10.3 Å². The molecule has 148 valence electrons. The monoisotopic (exact) mass is 401 g/mol. The number of rotatable bonds is 6. The van der Waals surface area contributed by atoms with E-state index < -0.39 is 10.1 Å². The molecule has 2 aromatic rings. The number of benzene rings is 2. The molecule has 3 rings (SSSR count). The van der Waals surface area contributed by atoms with Crippen molar-refractivity contribution in [1.29, 1.82) is 0 Å². The summed E-state index contributed by atoms with van der Waals surface area (Å²) in [6.07, 6.45) is 3.18. The Hall–Kier alpha value is -2.64. The minimum Gasteiger partial charge on any atom is -0.462 e. The topological polar surface area (TPSA) is 81.7 Å². The van der Waals surface area contributed by atoms with Crippen LogP contribution in [-0.4, -0.2) is 21.0 Å². The van der Waals surface area contributed by atoms with Gasteiger partial charge in [0.05, 0.1) is 22.8 Å². The number of ether oxygens (including phenoxy) is 1. The molecule has 0 bridgehead atoms. The number of hydrogen-bond acceptors (Lipinski definition) is 6. The summed E-state index contributed by atoms with van der Waals surface area (Å²) in [4.78, 5) is 12.4. The predicted octanol–water partition coefficient (Wildman–Crippen LogP) is 3.68. The summed E-state index contributed by atoms with van der Waals surface area (Å²) in [5.74, 6) is -0.378. The third-order valence-electron chi connectivity index (χ3n) is 4.49. The maximum absolute atomic E-state index is 12.4. The Kier molecular flexibility index (Phi) is 5.86. The molecule has 28 heavy (non-hydrogen) atoms. The zero-order valence-corrected chi connectivity index (χ0v) is 16.9. The molecule has 0 saturated carbocycles. The standard InChI is InChI=1S/C21H23NO5S/c1-4-26-21(23)19-13-15(3)12-18-17(19)6-5-7-20(18)22-27-28(24,25)16-10-8-14(2)9-11-16/h7-13,22H,4-6H2,1-3H3. The molecule has 0 radical (unpaired) electrons. The second-order valence-electron chi connectivity index (χ2n) is 6.67. The molecular weight excluding hydrogens is 378 g/mol. The first kappa shape index (κ1) is 20.1. The highest BCUT2D eigenvalue weighted by Crippen LogP contribution is 2.30. The van der Waals surface area contributed by atoms with Crippen molar-refractivity contribution in [1.82, 2.24) is 5.48 Å². The lowest BCUT2D eigenvalue weighted by Gasteiger charge is -2.21. The van der Waals surface area contributed by atoms with Gasteiger partial charge in [0.15, 0.2) is 0 Å². The fourth-order valence-corrected chi connectivity index (χ4v) is 3.90. The second-order valence-corrected chi connectivity index (χ2v) is 8.21. The highest BCUT2D eigenvalue weighted by Gasteiger charge is 2.23. The number of hydrogen-bond donors (Lipinski definition) is 1. The Morgan fingerprint density at radius 1 is 1.11 bits per heavy atom. The summed E-state index contributed by atoms with van der Waals surface area (Å²) >= 11 is 0. The van der Waals surface area contributed by atoms with E-state index in [1.165, 1.54) is 12.1 Å². The van der Waals surface area contributed by atoms with Crippen LogP contribution in [0.5, 0.6) is 0 Å². The number of aryl methyl sites for hydroxylation is 2. The maximum Gasteiger partial charge on any atom is 0.338 e. The third-order valence-corrected chi connectivity index (χ3v) is 5.65. The third kappa shape index (κ3) is 4.26. The first-order valence-electron chi connectivity index (χ1n) is 9.09. The number of esters is 1. The van der Waals surface area contributed by atoms with Gasteiger partial charge < -0.3 is 4.74 Å². The molecule has 6 nitrogen and oxygen atoms in total.